The number of ether oxygens (including phenoxy) is 1. The number of anilines is 1. The van der Waals surface area contributed by atoms with Crippen molar-refractivity contribution in [2.45, 2.75) is 13.8 Å². The third-order valence-electron chi connectivity index (χ3n) is 4.32. The number of aryl methyl sites for hydroxylation is 2. The van der Waals surface area contributed by atoms with E-state index in [1.807, 2.05) is 18.2 Å². The van der Waals surface area contributed by atoms with Crippen molar-refractivity contribution < 1.29 is 14.3 Å². The summed E-state index contributed by atoms with van der Waals surface area (Å²) in [6.07, 6.45) is 0. The molecule has 2 aromatic carbocycles. The van der Waals surface area contributed by atoms with E-state index in [4.69, 9.17) is 16.3 Å². The molecule has 0 aliphatic heterocycles. The molecule has 0 spiro atoms. The molecule has 6 heteroatoms. The second-order valence-electron chi connectivity index (χ2n) is 6.23. The van der Waals surface area contributed by atoms with Gasteiger partial charge in [-0.2, -0.15) is 0 Å². The molecule has 0 saturated heterocycles. The Balaban J connectivity index is 2.26. The van der Waals surface area contributed by atoms with Crippen LogP contribution in [0.4, 0.5) is 5.69 Å². The lowest BCUT2D eigenvalue weighted by molar-refractivity contribution is 0.0600. The third kappa shape index (κ3) is 3.89. The fraction of sp³-hybridized carbons (Fsp3) is 0.136. The highest BCUT2D eigenvalue weighted by molar-refractivity contribution is 6.31. The van der Waals surface area contributed by atoms with E-state index in [1.54, 1.807) is 50.2 Å². The highest BCUT2D eigenvalue weighted by atomic mass is 35.5. The maximum absolute atomic E-state index is 13.2. The molecule has 1 aromatic heterocycles. The maximum atomic E-state index is 13.2. The van der Waals surface area contributed by atoms with E-state index in [0.29, 0.717) is 38.8 Å². The predicted octanol–water partition coefficient (Wildman–Crippen LogP) is 5.06. The molecule has 0 fully saturated rings. The molecule has 0 radical (unpaired) electrons. The number of esters is 1. The smallest absolute Gasteiger partial charge is 0.340 e. The van der Waals surface area contributed by atoms with Crippen molar-refractivity contribution in [2.24, 2.45) is 0 Å². The topological polar surface area (TPSA) is 68.3 Å². The van der Waals surface area contributed by atoms with Crippen LogP contribution in [0.1, 0.15) is 32.1 Å². The van der Waals surface area contributed by atoms with Gasteiger partial charge in [-0.05, 0) is 43.7 Å². The van der Waals surface area contributed by atoms with Crippen molar-refractivity contribution in [3.8, 4) is 11.1 Å². The van der Waals surface area contributed by atoms with Gasteiger partial charge < -0.3 is 10.1 Å². The lowest BCUT2D eigenvalue weighted by atomic mass is 9.92. The summed E-state index contributed by atoms with van der Waals surface area (Å²) in [7, 11) is 1.30. The first-order valence-corrected chi connectivity index (χ1v) is 9.02. The molecule has 0 bridgehead atoms. The molecule has 28 heavy (non-hydrogen) atoms. The number of carbonyl (C=O) groups excluding carboxylic acids is 2. The van der Waals surface area contributed by atoms with E-state index >= 15 is 0 Å². The number of halogens is 1. The van der Waals surface area contributed by atoms with Crippen LogP contribution in [-0.4, -0.2) is 24.0 Å². The van der Waals surface area contributed by atoms with E-state index in [2.05, 4.69) is 10.3 Å². The first kappa shape index (κ1) is 19.6. The van der Waals surface area contributed by atoms with Crippen LogP contribution in [0.5, 0.6) is 0 Å². The average molecular weight is 395 g/mol. The minimum Gasteiger partial charge on any atom is -0.465 e. The number of nitrogens with one attached hydrogen (secondary N) is 1. The Kier molecular flexibility index (Phi) is 5.76. The Morgan fingerprint density at radius 2 is 1.64 bits per heavy atom. The molecule has 142 valence electrons. The Hall–Kier alpha value is -3.18. The molecule has 5 nitrogen and oxygen atoms in total. The summed E-state index contributed by atoms with van der Waals surface area (Å²) in [4.78, 5) is 30.1. The van der Waals surface area contributed by atoms with Gasteiger partial charge in [-0.1, -0.05) is 41.9 Å². The van der Waals surface area contributed by atoms with E-state index < -0.39 is 5.97 Å². The highest BCUT2D eigenvalue weighted by Gasteiger charge is 2.26. The molecule has 1 amide bonds. The largest absolute Gasteiger partial charge is 0.465 e. The van der Waals surface area contributed by atoms with Gasteiger partial charge in [-0.3, -0.25) is 9.78 Å². The molecule has 0 unspecified atom stereocenters. The number of nitrogens with zero attached hydrogens (tertiary/aromatic N) is 1. The van der Waals surface area contributed by atoms with Crippen molar-refractivity contribution in [2.75, 3.05) is 12.4 Å². The standard InChI is InChI=1S/C22H19ClN2O3/c1-13-18(21(26)25-17-10-5-4-6-11-17)20(15-8-7-9-16(23)12-15)19(14(2)24-13)22(27)28-3/h4-12H,1-3H3,(H,25,26). The van der Waals surface area contributed by atoms with Gasteiger partial charge in [0, 0.05) is 16.3 Å². The fourth-order valence-corrected chi connectivity index (χ4v) is 3.32. The van der Waals surface area contributed by atoms with Gasteiger partial charge >= 0.3 is 5.97 Å². The lowest BCUT2D eigenvalue weighted by Crippen LogP contribution is -2.19. The number of rotatable bonds is 4. The molecule has 1 heterocycles. The summed E-state index contributed by atoms with van der Waals surface area (Å²) in [5.41, 5.74) is 3.27. The molecular formula is C22H19ClN2O3. The minimum atomic E-state index is -0.561. The number of aromatic nitrogens is 1. The third-order valence-corrected chi connectivity index (χ3v) is 4.56. The van der Waals surface area contributed by atoms with Crippen LogP contribution in [0.15, 0.2) is 54.6 Å². The number of hydrogen-bond acceptors (Lipinski definition) is 4. The monoisotopic (exact) mass is 394 g/mol. The predicted molar refractivity (Wildman–Crippen MR) is 110 cm³/mol. The second kappa shape index (κ2) is 8.23. The van der Waals surface area contributed by atoms with E-state index in [0.717, 1.165) is 0 Å². The Morgan fingerprint density at radius 3 is 2.29 bits per heavy atom. The van der Waals surface area contributed by atoms with Gasteiger partial charge in [0.25, 0.3) is 5.91 Å². The highest BCUT2D eigenvalue weighted by Crippen LogP contribution is 2.33. The second-order valence-corrected chi connectivity index (χ2v) is 6.67. The summed E-state index contributed by atoms with van der Waals surface area (Å²) in [6.45, 7) is 3.45. The summed E-state index contributed by atoms with van der Waals surface area (Å²) in [5, 5.41) is 3.36. The molecule has 0 aliphatic carbocycles. The minimum absolute atomic E-state index is 0.244. The lowest BCUT2D eigenvalue weighted by Gasteiger charge is -2.18. The van der Waals surface area contributed by atoms with E-state index in [-0.39, 0.29) is 11.5 Å². The number of para-hydroxylation sites is 1. The number of benzene rings is 2. The average Bonchev–Trinajstić information content (AvgIpc) is 2.67. The van der Waals surface area contributed by atoms with Gasteiger partial charge in [0.05, 0.1) is 29.6 Å². The summed E-state index contributed by atoms with van der Waals surface area (Å²) in [6, 6.07) is 16.1. The van der Waals surface area contributed by atoms with Gasteiger partial charge in [0.15, 0.2) is 0 Å². The zero-order valence-electron chi connectivity index (χ0n) is 15.7. The Labute approximate surface area is 168 Å². The van der Waals surface area contributed by atoms with Crippen molar-refractivity contribution in [3.05, 3.63) is 82.1 Å². The quantitative estimate of drug-likeness (QED) is 0.628. The van der Waals surface area contributed by atoms with Gasteiger partial charge in [-0.25, -0.2) is 4.79 Å². The molecule has 0 aliphatic rings. The maximum Gasteiger partial charge on any atom is 0.340 e. The van der Waals surface area contributed by atoms with Crippen molar-refractivity contribution in [1.82, 2.24) is 4.98 Å². The molecule has 0 atom stereocenters. The van der Waals surface area contributed by atoms with Gasteiger partial charge in [0.1, 0.15) is 0 Å². The normalized spacial score (nSPS) is 10.4. The van der Waals surface area contributed by atoms with Crippen molar-refractivity contribution in [3.63, 3.8) is 0 Å². The fourth-order valence-electron chi connectivity index (χ4n) is 3.13. The van der Waals surface area contributed by atoms with Crippen molar-refractivity contribution >= 4 is 29.2 Å². The zero-order valence-corrected chi connectivity index (χ0v) is 16.5. The summed E-state index contributed by atoms with van der Waals surface area (Å²) >= 11 is 6.17. The van der Waals surface area contributed by atoms with Crippen LogP contribution >= 0.6 is 11.6 Å². The zero-order chi connectivity index (χ0) is 20.3. The van der Waals surface area contributed by atoms with Gasteiger partial charge in [0.2, 0.25) is 0 Å². The van der Waals surface area contributed by atoms with Crippen LogP contribution in [0.2, 0.25) is 5.02 Å². The van der Waals surface area contributed by atoms with Gasteiger partial charge in [-0.15, -0.1) is 0 Å². The van der Waals surface area contributed by atoms with Crippen LogP contribution in [-0.2, 0) is 4.74 Å². The Morgan fingerprint density at radius 1 is 0.964 bits per heavy atom. The van der Waals surface area contributed by atoms with E-state index in [9.17, 15) is 9.59 Å². The first-order valence-electron chi connectivity index (χ1n) is 8.64. The van der Waals surface area contributed by atoms with Crippen LogP contribution < -0.4 is 5.32 Å². The Bertz CT molecular complexity index is 1050. The number of hydrogen-bond donors (Lipinski definition) is 1. The number of carbonyl (C=O) groups is 2. The SMILES string of the molecule is COC(=O)c1c(C)nc(C)c(C(=O)Nc2ccccc2)c1-c1cccc(Cl)c1. The summed E-state index contributed by atoms with van der Waals surface area (Å²) < 4.78 is 4.96. The van der Waals surface area contributed by atoms with Crippen molar-refractivity contribution in [1.29, 1.82) is 0 Å². The molecule has 0 saturated carbocycles. The number of amides is 1. The number of pyridine rings is 1. The van der Waals surface area contributed by atoms with Crippen LogP contribution in [0.25, 0.3) is 11.1 Å². The van der Waals surface area contributed by atoms with Crippen LogP contribution in [0, 0.1) is 13.8 Å². The molecule has 3 rings (SSSR count). The first-order chi connectivity index (χ1) is 13.4. The van der Waals surface area contributed by atoms with E-state index in [1.165, 1.54) is 7.11 Å². The molecule has 1 N–H and O–H groups in total. The van der Waals surface area contributed by atoms with Crippen LogP contribution in [0.3, 0.4) is 0 Å². The number of methoxy groups -OCH3 is 1. The molecule has 3 aromatic rings. The molecular weight excluding hydrogens is 376 g/mol. The summed E-state index contributed by atoms with van der Waals surface area (Å²) in [5.74, 6) is -0.926.